The maximum atomic E-state index is 12.2. The van der Waals surface area contributed by atoms with E-state index in [1.165, 1.54) is 4.90 Å². The van der Waals surface area contributed by atoms with Crippen LogP contribution in [0.25, 0.3) is 0 Å². The third kappa shape index (κ3) is 3.26. The fraction of sp³-hybridized carbons (Fsp3) is 0.500. The fourth-order valence-electron chi connectivity index (χ4n) is 2.15. The summed E-state index contributed by atoms with van der Waals surface area (Å²) in [6, 6.07) is 3.19. The number of urea groups is 1. The lowest BCUT2D eigenvalue weighted by Gasteiger charge is -2.19. The monoisotopic (exact) mass is 310 g/mol. The SMILES string of the molecule is CCC1(C)NC(=O)N(CCCNc2ncccc2Cl)C1=O. The molecule has 6 nitrogen and oxygen atoms in total. The molecule has 2 rings (SSSR count). The van der Waals surface area contributed by atoms with E-state index in [2.05, 4.69) is 15.6 Å². The van der Waals surface area contributed by atoms with Crippen LogP contribution in [-0.2, 0) is 4.79 Å². The molecular formula is C14H19ClN4O2. The van der Waals surface area contributed by atoms with Gasteiger partial charge in [0, 0.05) is 19.3 Å². The van der Waals surface area contributed by atoms with Crippen molar-refractivity contribution >= 4 is 29.4 Å². The van der Waals surface area contributed by atoms with Crippen LogP contribution < -0.4 is 10.6 Å². The molecule has 0 aliphatic carbocycles. The minimum atomic E-state index is -0.769. The summed E-state index contributed by atoms with van der Waals surface area (Å²) in [6.45, 7) is 4.58. The van der Waals surface area contributed by atoms with Crippen molar-refractivity contribution in [3.63, 3.8) is 0 Å². The largest absolute Gasteiger partial charge is 0.369 e. The standard InChI is InChI=1S/C14H19ClN4O2/c1-3-14(2)12(20)19(13(21)18-14)9-5-8-17-11-10(15)6-4-7-16-11/h4,6-7H,3,5,8-9H2,1-2H3,(H,16,17)(H,18,21). The van der Waals surface area contributed by atoms with Crippen molar-refractivity contribution in [2.45, 2.75) is 32.2 Å². The summed E-state index contributed by atoms with van der Waals surface area (Å²) >= 11 is 5.98. The van der Waals surface area contributed by atoms with Gasteiger partial charge in [-0.2, -0.15) is 0 Å². The Morgan fingerprint density at radius 2 is 2.24 bits per heavy atom. The van der Waals surface area contributed by atoms with E-state index in [0.717, 1.165) is 0 Å². The molecule has 2 N–H and O–H groups in total. The number of amides is 3. The highest BCUT2D eigenvalue weighted by Gasteiger charge is 2.45. The molecule has 114 valence electrons. The Bertz CT molecular complexity index is 552. The normalized spacial score (nSPS) is 21.6. The number of carbonyl (C=O) groups excluding carboxylic acids is 2. The summed E-state index contributed by atoms with van der Waals surface area (Å²) in [5.41, 5.74) is -0.769. The Labute approximate surface area is 128 Å². The second-order valence-corrected chi connectivity index (χ2v) is 5.59. The zero-order chi connectivity index (χ0) is 15.5. The number of hydrogen-bond acceptors (Lipinski definition) is 4. The van der Waals surface area contributed by atoms with Gasteiger partial charge in [-0.15, -0.1) is 0 Å². The van der Waals surface area contributed by atoms with Gasteiger partial charge in [-0.25, -0.2) is 9.78 Å². The zero-order valence-electron chi connectivity index (χ0n) is 12.1. The van der Waals surface area contributed by atoms with Crippen LogP contribution in [0.3, 0.4) is 0 Å². The lowest BCUT2D eigenvalue weighted by atomic mass is 9.99. The van der Waals surface area contributed by atoms with Crippen molar-refractivity contribution in [2.24, 2.45) is 0 Å². The molecule has 1 saturated heterocycles. The molecule has 1 atom stereocenters. The van der Waals surface area contributed by atoms with Gasteiger partial charge in [-0.1, -0.05) is 18.5 Å². The van der Waals surface area contributed by atoms with Crippen molar-refractivity contribution in [1.82, 2.24) is 15.2 Å². The lowest BCUT2D eigenvalue weighted by Crippen LogP contribution is -2.43. The number of nitrogens with zero attached hydrogens (tertiary/aromatic N) is 2. The maximum absolute atomic E-state index is 12.2. The van der Waals surface area contributed by atoms with Crippen LogP contribution >= 0.6 is 11.6 Å². The van der Waals surface area contributed by atoms with Gasteiger partial charge in [-0.05, 0) is 31.9 Å². The number of rotatable bonds is 6. The molecule has 0 spiro atoms. The number of imide groups is 1. The van der Waals surface area contributed by atoms with Crippen molar-refractivity contribution in [1.29, 1.82) is 0 Å². The average Bonchev–Trinajstić information content (AvgIpc) is 2.68. The number of nitrogens with one attached hydrogen (secondary N) is 2. The summed E-state index contributed by atoms with van der Waals surface area (Å²) < 4.78 is 0. The molecule has 0 radical (unpaired) electrons. The molecule has 1 aliphatic rings. The molecule has 1 aromatic heterocycles. The Balaban J connectivity index is 1.83. The third-order valence-electron chi connectivity index (χ3n) is 3.66. The summed E-state index contributed by atoms with van der Waals surface area (Å²) in [6.07, 6.45) is 2.86. The molecule has 0 saturated carbocycles. The van der Waals surface area contributed by atoms with Crippen LogP contribution in [-0.4, -0.2) is 40.5 Å². The van der Waals surface area contributed by atoms with E-state index < -0.39 is 5.54 Å². The number of hydrogen-bond donors (Lipinski definition) is 2. The van der Waals surface area contributed by atoms with Crippen molar-refractivity contribution in [3.8, 4) is 0 Å². The van der Waals surface area contributed by atoms with Gasteiger partial charge in [0.25, 0.3) is 5.91 Å². The van der Waals surface area contributed by atoms with Crippen molar-refractivity contribution < 1.29 is 9.59 Å². The third-order valence-corrected chi connectivity index (χ3v) is 3.97. The van der Waals surface area contributed by atoms with Gasteiger partial charge in [-0.3, -0.25) is 9.69 Å². The molecule has 0 bridgehead atoms. The second kappa shape index (κ2) is 6.30. The first-order valence-corrected chi connectivity index (χ1v) is 7.34. The van der Waals surface area contributed by atoms with Crippen LogP contribution in [0.5, 0.6) is 0 Å². The van der Waals surface area contributed by atoms with Crippen LogP contribution in [0.2, 0.25) is 5.02 Å². The molecule has 1 aromatic rings. The molecule has 7 heteroatoms. The highest BCUT2D eigenvalue weighted by atomic mass is 35.5. The Morgan fingerprint density at radius 1 is 1.48 bits per heavy atom. The van der Waals surface area contributed by atoms with E-state index in [0.29, 0.717) is 36.8 Å². The maximum Gasteiger partial charge on any atom is 0.325 e. The average molecular weight is 311 g/mol. The predicted octanol–water partition coefficient (Wildman–Crippen LogP) is 2.26. The van der Waals surface area contributed by atoms with Crippen molar-refractivity contribution in [2.75, 3.05) is 18.4 Å². The minimum absolute atomic E-state index is 0.161. The van der Waals surface area contributed by atoms with E-state index in [1.54, 1.807) is 25.3 Å². The number of aromatic nitrogens is 1. The Kier molecular flexibility index (Phi) is 4.67. The first kappa shape index (κ1) is 15.6. The van der Waals surface area contributed by atoms with E-state index in [9.17, 15) is 9.59 Å². The molecule has 1 aliphatic heterocycles. The highest BCUT2D eigenvalue weighted by Crippen LogP contribution is 2.21. The molecule has 21 heavy (non-hydrogen) atoms. The van der Waals surface area contributed by atoms with Crippen LogP contribution in [0.15, 0.2) is 18.3 Å². The van der Waals surface area contributed by atoms with E-state index in [-0.39, 0.29) is 11.9 Å². The minimum Gasteiger partial charge on any atom is -0.369 e. The Hall–Kier alpha value is -1.82. The number of carbonyl (C=O) groups is 2. The zero-order valence-corrected chi connectivity index (χ0v) is 12.9. The molecule has 3 amide bonds. The molecule has 1 fully saturated rings. The van der Waals surface area contributed by atoms with Gasteiger partial charge in [0.05, 0.1) is 5.02 Å². The van der Waals surface area contributed by atoms with Gasteiger partial charge in [0.2, 0.25) is 0 Å². The topological polar surface area (TPSA) is 74.3 Å². The number of anilines is 1. The van der Waals surface area contributed by atoms with Gasteiger partial charge in [0.15, 0.2) is 0 Å². The van der Waals surface area contributed by atoms with Crippen LogP contribution in [0, 0.1) is 0 Å². The first-order valence-electron chi connectivity index (χ1n) is 6.96. The molecule has 2 heterocycles. The van der Waals surface area contributed by atoms with Gasteiger partial charge in [0.1, 0.15) is 11.4 Å². The van der Waals surface area contributed by atoms with Gasteiger partial charge < -0.3 is 10.6 Å². The summed E-state index contributed by atoms with van der Waals surface area (Å²) in [4.78, 5) is 29.4. The second-order valence-electron chi connectivity index (χ2n) is 5.19. The van der Waals surface area contributed by atoms with E-state index in [4.69, 9.17) is 11.6 Å². The predicted molar refractivity (Wildman–Crippen MR) is 81.3 cm³/mol. The van der Waals surface area contributed by atoms with Crippen molar-refractivity contribution in [3.05, 3.63) is 23.4 Å². The Morgan fingerprint density at radius 3 is 2.86 bits per heavy atom. The van der Waals surface area contributed by atoms with Crippen LogP contribution in [0.1, 0.15) is 26.7 Å². The summed E-state index contributed by atoms with van der Waals surface area (Å²) in [7, 11) is 0. The lowest BCUT2D eigenvalue weighted by molar-refractivity contribution is -0.130. The first-order chi connectivity index (χ1) is 9.98. The van der Waals surface area contributed by atoms with Gasteiger partial charge >= 0.3 is 6.03 Å². The fourth-order valence-corrected chi connectivity index (χ4v) is 2.34. The number of pyridine rings is 1. The number of halogens is 1. The summed E-state index contributed by atoms with van der Waals surface area (Å²) in [5.74, 6) is 0.445. The summed E-state index contributed by atoms with van der Waals surface area (Å²) in [5, 5.41) is 6.37. The molecule has 0 aromatic carbocycles. The van der Waals surface area contributed by atoms with E-state index in [1.807, 2.05) is 6.92 Å². The van der Waals surface area contributed by atoms with Crippen LogP contribution in [0.4, 0.5) is 10.6 Å². The smallest absolute Gasteiger partial charge is 0.325 e. The molecule has 1 unspecified atom stereocenters. The quantitative estimate of drug-likeness (QED) is 0.624. The van der Waals surface area contributed by atoms with E-state index >= 15 is 0 Å². The molecular weight excluding hydrogens is 292 g/mol. The highest BCUT2D eigenvalue weighted by molar-refractivity contribution is 6.32.